The molecule has 3 rings (SSSR count). The van der Waals surface area contributed by atoms with Gasteiger partial charge in [0.15, 0.2) is 0 Å². The van der Waals surface area contributed by atoms with E-state index in [9.17, 15) is 9.59 Å². The Hall–Kier alpha value is -2.76. The Morgan fingerprint density at radius 1 is 0.857 bits per heavy atom. The smallest absolute Gasteiger partial charge is 0.255 e. The number of para-hydroxylation sites is 2. The Morgan fingerprint density at radius 3 is 2.14 bits per heavy atom. The number of halogens is 1. The fraction of sp³-hybridized carbons (Fsp3) is 0.0909. The summed E-state index contributed by atoms with van der Waals surface area (Å²) in [4.78, 5) is 25.9. The van der Waals surface area contributed by atoms with Gasteiger partial charge in [0, 0.05) is 15.5 Å². The first-order valence-corrected chi connectivity index (χ1v) is 10.0. The molecule has 0 unspecified atom stereocenters. The second-order valence-electron chi connectivity index (χ2n) is 6.11. The summed E-state index contributed by atoms with van der Waals surface area (Å²) in [6, 6.07) is 21.7. The number of carbonyl (C=O) groups excluding carboxylic acids is 2. The lowest BCUT2D eigenvalue weighted by Gasteiger charge is -2.12. The van der Waals surface area contributed by atoms with Crippen LogP contribution in [0.2, 0.25) is 5.02 Å². The van der Waals surface area contributed by atoms with Crippen molar-refractivity contribution in [2.45, 2.75) is 11.8 Å². The minimum Gasteiger partial charge on any atom is -0.324 e. The van der Waals surface area contributed by atoms with E-state index in [1.807, 2.05) is 37.3 Å². The van der Waals surface area contributed by atoms with Crippen LogP contribution in [0.15, 0.2) is 77.7 Å². The van der Waals surface area contributed by atoms with Crippen LogP contribution in [0, 0.1) is 6.92 Å². The number of amides is 2. The molecule has 0 aromatic heterocycles. The van der Waals surface area contributed by atoms with E-state index in [1.165, 1.54) is 11.8 Å². The average molecular weight is 411 g/mol. The molecule has 3 aromatic carbocycles. The van der Waals surface area contributed by atoms with Gasteiger partial charge in [0.2, 0.25) is 5.91 Å². The minimum atomic E-state index is -0.271. The van der Waals surface area contributed by atoms with Gasteiger partial charge in [-0.1, -0.05) is 41.9 Å². The summed E-state index contributed by atoms with van der Waals surface area (Å²) < 4.78 is 0. The van der Waals surface area contributed by atoms with Gasteiger partial charge >= 0.3 is 0 Å². The zero-order chi connectivity index (χ0) is 19.9. The molecule has 2 amide bonds. The van der Waals surface area contributed by atoms with Gasteiger partial charge in [-0.15, -0.1) is 11.8 Å². The average Bonchev–Trinajstić information content (AvgIpc) is 2.69. The maximum atomic E-state index is 12.4. The van der Waals surface area contributed by atoms with Crippen LogP contribution in [0.25, 0.3) is 0 Å². The van der Waals surface area contributed by atoms with Crippen molar-refractivity contribution >= 4 is 46.6 Å². The van der Waals surface area contributed by atoms with Crippen molar-refractivity contribution in [3.05, 3.63) is 88.9 Å². The highest BCUT2D eigenvalue weighted by atomic mass is 35.5. The van der Waals surface area contributed by atoms with Crippen LogP contribution in [0.1, 0.15) is 15.9 Å². The Morgan fingerprint density at radius 2 is 1.46 bits per heavy atom. The molecule has 0 atom stereocenters. The Labute approximate surface area is 173 Å². The van der Waals surface area contributed by atoms with Gasteiger partial charge in [0.05, 0.1) is 17.1 Å². The van der Waals surface area contributed by atoms with Crippen LogP contribution in [-0.2, 0) is 4.79 Å². The van der Waals surface area contributed by atoms with E-state index in [0.29, 0.717) is 22.0 Å². The lowest BCUT2D eigenvalue weighted by molar-refractivity contribution is -0.113. The number of rotatable bonds is 6. The Balaban J connectivity index is 1.64. The zero-order valence-electron chi connectivity index (χ0n) is 15.2. The molecule has 3 aromatic rings. The van der Waals surface area contributed by atoms with Crippen LogP contribution in [-0.4, -0.2) is 17.6 Å². The maximum Gasteiger partial charge on any atom is 0.255 e. The first-order valence-electron chi connectivity index (χ1n) is 8.67. The first kappa shape index (κ1) is 20.0. The van der Waals surface area contributed by atoms with Crippen LogP contribution in [0.3, 0.4) is 0 Å². The molecule has 6 heteroatoms. The summed E-state index contributed by atoms with van der Waals surface area (Å²) in [7, 11) is 0. The molecule has 0 bridgehead atoms. The molecule has 0 heterocycles. The molecule has 0 aliphatic rings. The number of carbonyl (C=O) groups is 2. The number of benzene rings is 3. The summed E-state index contributed by atoms with van der Waals surface area (Å²) in [5.41, 5.74) is 2.72. The van der Waals surface area contributed by atoms with Crippen molar-refractivity contribution in [2.24, 2.45) is 0 Å². The van der Waals surface area contributed by atoms with Crippen molar-refractivity contribution in [2.75, 3.05) is 16.4 Å². The predicted octanol–water partition coefficient (Wildman–Crippen LogP) is 5.63. The molecule has 28 heavy (non-hydrogen) atoms. The highest BCUT2D eigenvalue weighted by Gasteiger charge is 2.11. The molecule has 0 aliphatic carbocycles. The number of hydrogen-bond donors (Lipinski definition) is 2. The molecule has 0 spiro atoms. The van der Waals surface area contributed by atoms with E-state index in [2.05, 4.69) is 10.6 Å². The molecule has 0 saturated heterocycles. The molecule has 0 aliphatic heterocycles. The highest BCUT2D eigenvalue weighted by molar-refractivity contribution is 8.00. The third-order valence-electron chi connectivity index (χ3n) is 4.01. The number of anilines is 2. The van der Waals surface area contributed by atoms with Gasteiger partial charge in [0.1, 0.15) is 0 Å². The molecular formula is C22H19ClN2O2S. The zero-order valence-corrected chi connectivity index (χ0v) is 16.8. The van der Waals surface area contributed by atoms with Gasteiger partial charge in [0.25, 0.3) is 5.91 Å². The van der Waals surface area contributed by atoms with Crippen LogP contribution >= 0.6 is 23.4 Å². The first-order chi connectivity index (χ1) is 13.5. The summed E-state index contributed by atoms with van der Waals surface area (Å²) in [5.74, 6) is -0.126. The standard InChI is InChI=1S/C22H19ClN2O2S/c1-15-6-2-5-9-20(15)28-14-21(26)24-18-7-3-4-8-19(18)25-22(27)16-10-12-17(23)13-11-16/h2-13H,14H2,1H3,(H,24,26)(H,25,27). The van der Waals surface area contributed by atoms with E-state index in [1.54, 1.807) is 42.5 Å². The SMILES string of the molecule is Cc1ccccc1SCC(=O)Nc1ccccc1NC(=O)c1ccc(Cl)cc1. The Kier molecular flexibility index (Phi) is 6.74. The maximum absolute atomic E-state index is 12.4. The van der Waals surface area contributed by atoms with Crippen molar-refractivity contribution in [1.82, 2.24) is 0 Å². The molecule has 0 saturated carbocycles. The second-order valence-corrected chi connectivity index (χ2v) is 7.56. The number of nitrogens with one attached hydrogen (secondary N) is 2. The predicted molar refractivity (Wildman–Crippen MR) is 116 cm³/mol. The molecule has 0 radical (unpaired) electrons. The fourth-order valence-corrected chi connectivity index (χ4v) is 3.50. The van der Waals surface area contributed by atoms with Crippen LogP contribution in [0.5, 0.6) is 0 Å². The van der Waals surface area contributed by atoms with Gasteiger partial charge in [-0.25, -0.2) is 0 Å². The third kappa shape index (κ3) is 5.38. The minimum absolute atomic E-state index is 0.138. The molecule has 0 fully saturated rings. The van der Waals surface area contributed by atoms with Crippen molar-refractivity contribution in [3.63, 3.8) is 0 Å². The van der Waals surface area contributed by atoms with Gasteiger partial charge in [-0.05, 0) is 55.0 Å². The molecular weight excluding hydrogens is 392 g/mol. The van der Waals surface area contributed by atoms with Crippen molar-refractivity contribution in [1.29, 1.82) is 0 Å². The van der Waals surface area contributed by atoms with Gasteiger partial charge < -0.3 is 10.6 Å². The summed E-state index contributed by atoms with van der Waals surface area (Å²) in [6.45, 7) is 2.02. The topological polar surface area (TPSA) is 58.2 Å². The van der Waals surface area contributed by atoms with E-state index >= 15 is 0 Å². The Bertz CT molecular complexity index is 990. The van der Waals surface area contributed by atoms with Gasteiger partial charge in [-0.2, -0.15) is 0 Å². The monoisotopic (exact) mass is 410 g/mol. The molecule has 4 nitrogen and oxygen atoms in total. The number of thioether (sulfide) groups is 1. The normalized spacial score (nSPS) is 10.4. The summed E-state index contributed by atoms with van der Waals surface area (Å²) >= 11 is 7.34. The van der Waals surface area contributed by atoms with E-state index in [0.717, 1.165) is 10.5 Å². The van der Waals surface area contributed by atoms with E-state index in [-0.39, 0.29) is 17.6 Å². The summed E-state index contributed by atoms with van der Waals surface area (Å²) in [6.07, 6.45) is 0. The third-order valence-corrected chi connectivity index (χ3v) is 5.44. The van der Waals surface area contributed by atoms with Crippen LogP contribution in [0.4, 0.5) is 11.4 Å². The molecule has 142 valence electrons. The van der Waals surface area contributed by atoms with Crippen molar-refractivity contribution < 1.29 is 9.59 Å². The largest absolute Gasteiger partial charge is 0.324 e. The van der Waals surface area contributed by atoms with Gasteiger partial charge in [-0.3, -0.25) is 9.59 Å². The number of aryl methyl sites for hydroxylation is 1. The lowest BCUT2D eigenvalue weighted by Crippen LogP contribution is -2.18. The fourth-order valence-electron chi connectivity index (χ4n) is 2.54. The quantitative estimate of drug-likeness (QED) is 0.517. The number of hydrogen-bond acceptors (Lipinski definition) is 3. The van der Waals surface area contributed by atoms with E-state index in [4.69, 9.17) is 11.6 Å². The highest BCUT2D eigenvalue weighted by Crippen LogP contribution is 2.25. The van der Waals surface area contributed by atoms with Crippen LogP contribution < -0.4 is 10.6 Å². The lowest BCUT2D eigenvalue weighted by atomic mass is 10.2. The summed E-state index contributed by atoms with van der Waals surface area (Å²) in [5, 5.41) is 6.27. The second kappa shape index (κ2) is 9.44. The molecule has 2 N–H and O–H groups in total. The van der Waals surface area contributed by atoms with E-state index < -0.39 is 0 Å². The van der Waals surface area contributed by atoms with Crippen molar-refractivity contribution in [3.8, 4) is 0 Å².